The fourth-order valence-electron chi connectivity index (χ4n) is 2.96. The smallest absolute Gasteiger partial charge is 0.341 e. The van der Waals surface area contributed by atoms with Crippen LogP contribution in [-0.2, 0) is 4.74 Å². The highest BCUT2D eigenvalue weighted by molar-refractivity contribution is 6.04. The summed E-state index contributed by atoms with van der Waals surface area (Å²) in [5.41, 5.74) is 6.34. The molecule has 2 aromatic rings. The van der Waals surface area contributed by atoms with Crippen molar-refractivity contribution in [2.45, 2.75) is 33.1 Å². The quantitative estimate of drug-likeness (QED) is 0.590. The summed E-state index contributed by atoms with van der Waals surface area (Å²) in [6.45, 7) is 4.50. The maximum atomic E-state index is 12.5. The van der Waals surface area contributed by atoms with E-state index in [9.17, 15) is 9.59 Å². The zero-order valence-corrected chi connectivity index (χ0v) is 15.5. The lowest BCUT2D eigenvalue weighted by molar-refractivity contribution is 0.0527. The number of hydrogen-bond acceptors (Lipinski definition) is 6. The molecule has 0 spiro atoms. The number of hydrogen-bond donors (Lipinski definition) is 1. The van der Waals surface area contributed by atoms with Crippen molar-refractivity contribution in [1.29, 1.82) is 0 Å². The normalized spacial score (nSPS) is 12.2. The Hall–Kier alpha value is -3.03. The zero-order valence-electron chi connectivity index (χ0n) is 15.5. The van der Waals surface area contributed by atoms with Crippen molar-refractivity contribution in [3.63, 3.8) is 0 Å². The molecule has 2 heterocycles. The maximum absolute atomic E-state index is 12.5. The lowest BCUT2D eigenvalue weighted by Crippen LogP contribution is -2.38. The second-order valence-electron chi connectivity index (χ2n) is 6.18. The standard InChI is InChI=1S/C19H23N3O5/c1-3-5-6-7-22(19(20)24)17-13(18(23)25-4-2)8-12-9-15-16(27-11-26-15)10-14(12)21-17/h8-10H,3-7,11H2,1-2H3,(H2,20,24). The third kappa shape index (κ3) is 3.89. The molecule has 0 fully saturated rings. The Bertz CT molecular complexity index is 868. The van der Waals surface area contributed by atoms with E-state index in [1.165, 1.54) is 4.90 Å². The molecular formula is C19H23N3O5. The molecule has 0 aliphatic carbocycles. The Morgan fingerprint density at radius 2 is 1.93 bits per heavy atom. The summed E-state index contributed by atoms with van der Waals surface area (Å²) in [5, 5.41) is 0.684. The van der Waals surface area contributed by atoms with E-state index < -0.39 is 12.0 Å². The third-order valence-corrected chi connectivity index (χ3v) is 4.29. The van der Waals surface area contributed by atoms with Gasteiger partial charge in [0.2, 0.25) is 6.79 Å². The van der Waals surface area contributed by atoms with E-state index in [2.05, 4.69) is 11.9 Å². The van der Waals surface area contributed by atoms with Crippen LogP contribution >= 0.6 is 0 Å². The van der Waals surface area contributed by atoms with Gasteiger partial charge in [0.1, 0.15) is 5.56 Å². The molecular weight excluding hydrogens is 350 g/mol. The first-order valence-corrected chi connectivity index (χ1v) is 9.03. The van der Waals surface area contributed by atoms with Crippen molar-refractivity contribution in [3.05, 3.63) is 23.8 Å². The van der Waals surface area contributed by atoms with Crippen molar-refractivity contribution in [1.82, 2.24) is 4.98 Å². The number of nitrogens with zero attached hydrogens (tertiary/aromatic N) is 2. The average molecular weight is 373 g/mol. The van der Waals surface area contributed by atoms with E-state index in [1.54, 1.807) is 25.1 Å². The molecule has 1 aromatic heterocycles. The predicted molar refractivity (Wildman–Crippen MR) is 100 cm³/mol. The molecule has 2 N–H and O–H groups in total. The van der Waals surface area contributed by atoms with Crippen LogP contribution in [-0.4, -0.2) is 36.9 Å². The topological polar surface area (TPSA) is 104 Å². The molecule has 144 valence electrons. The van der Waals surface area contributed by atoms with E-state index in [4.69, 9.17) is 19.9 Å². The number of esters is 1. The molecule has 0 bridgehead atoms. The molecule has 8 nitrogen and oxygen atoms in total. The fourth-order valence-corrected chi connectivity index (χ4v) is 2.96. The number of anilines is 1. The van der Waals surface area contributed by atoms with E-state index in [-0.39, 0.29) is 24.8 Å². The van der Waals surface area contributed by atoms with Crippen molar-refractivity contribution < 1.29 is 23.8 Å². The predicted octanol–water partition coefficient (Wildman–Crippen LogP) is 3.22. The summed E-state index contributed by atoms with van der Waals surface area (Å²) < 4.78 is 15.9. The first-order chi connectivity index (χ1) is 13.0. The number of benzene rings is 1. The minimum absolute atomic E-state index is 0.133. The lowest BCUT2D eigenvalue weighted by Gasteiger charge is -2.22. The Balaban J connectivity index is 2.11. The van der Waals surface area contributed by atoms with Crippen LogP contribution in [0, 0.1) is 0 Å². The monoisotopic (exact) mass is 373 g/mol. The number of fused-ring (bicyclic) bond motifs is 2. The average Bonchev–Trinajstić information content (AvgIpc) is 3.09. The Morgan fingerprint density at radius 1 is 1.19 bits per heavy atom. The van der Waals surface area contributed by atoms with Gasteiger partial charge < -0.3 is 19.9 Å². The number of urea groups is 1. The van der Waals surface area contributed by atoms with Gasteiger partial charge in [0, 0.05) is 18.0 Å². The molecule has 0 atom stereocenters. The van der Waals surface area contributed by atoms with Crippen LogP contribution in [0.4, 0.5) is 10.6 Å². The molecule has 0 radical (unpaired) electrons. The van der Waals surface area contributed by atoms with Crippen LogP contribution in [0.15, 0.2) is 18.2 Å². The van der Waals surface area contributed by atoms with E-state index >= 15 is 0 Å². The van der Waals surface area contributed by atoms with Gasteiger partial charge in [-0.1, -0.05) is 19.8 Å². The summed E-state index contributed by atoms with van der Waals surface area (Å²) in [6, 6.07) is 4.46. The number of carbonyl (C=O) groups is 2. The van der Waals surface area contributed by atoms with E-state index in [0.29, 0.717) is 28.9 Å². The number of ether oxygens (including phenoxy) is 3. The van der Waals surface area contributed by atoms with Gasteiger partial charge in [-0.25, -0.2) is 14.6 Å². The van der Waals surface area contributed by atoms with Crippen molar-refractivity contribution >= 4 is 28.7 Å². The second-order valence-corrected chi connectivity index (χ2v) is 6.18. The van der Waals surface area contributed by atoms with Gasteiger partial charge in [-0.15, -0.1) is 0 Å². The molecule has 8 heteroatoms. The van der Waals surface area contributed by atoms with Crippen molar-refractivity contribution in [3.8, 4) is 11.5 Å². The summed E-state index contributed by atoms with van der Waals surface area (Å²) in [5.74, 6) is 0.799. The number of unbranched alkanes of at least 4 members (excludes halogenated alkanes) is 2. The van der Waals surface area contributed by atoms with Crippen LogP contribution in [0.3, 0.4) is 0 Å². The number of pyridine rings is 1. The molecule has 1 aliphatic heterocycles. The van der Waals surface area contributed by atoms with E-state index in [1.807, 2.05) is 0 Å². The van der Waals surface area contributed by atoms with Gasteiger partial charge in [0.25, 0.3) is 0 Å². The second kappa shape index (κ2) is 8.11. The summed E-state index contributed by atoms with van der Waals surface area (Å²) in [6.07, 6.45) is 2.68. The van der Waals surface area contributed by atoms with Gasteiger partial charge >= 0.3 is 12.0 Å². The summed E-state index contributed by atoms with van der Waals surface area (Å²) in [4.78, 5) is 30.4. The zero-order chi connectivity index (χ0) is 19.4. The Labute approximate surface area is 157 Å². The minimum Gasteiger partial charge on any atom is -0.462 e. The summed E-state index contributed by atoms with van der Waals surface area (Å²) in [7, 11) is 0. The lowest BCUT2D eigenvalue weighted by atomic mass is 10.1. The van der Waals surface area contributed by atoms with Crippen molar-refractivity contribution in [2.75, 3.05) is 24.8 Å². The number of rotatable bonds is 7. The third-order valence-electron chi connectivity index (χ3n) is 4.29. The molecule has 0 saturated heterocycles. The number of aromatic nitrogens is 1. The molecule has 1 aromatic carbocycles. The number of amides is 2. The van der Waals surface area contributed by atoms with Crippen LogP contribution in [0.5, 0.6) is 11.5 Å². The number of carbonyl (C=O) groups excluding carboxylic acids is 2. The molecule has 1 aliphatic rings. The Morgan fingerprint density at radius 3 is 2.59 bits per heavy atom. The van der Waals surface area contributed by atoms with Crippen molar-refractivity contribution in [2.24, 2.45) is 5.73 Å². The summed E-state index contributed by atoms with van der Waals surface area (Å²) >= 11 is 0. The van der Waals surface area contributed by atoms with Crippen LogP contribution in [0.2, 0.25) is 0 Å². The van der Waals surface area contributed by atoms with Gasteiger partial charge in [-0.05, 0) is 25.5 Å². The van der Waals surface area contributed by atoms with Crippen LogP contribution in [0.25, 0.3) is 10.9 Å². The maximum Gasteiger partial charge on any atom is 0.341 e. The first kappa shape index (κ1) is 18.8. The fraction of sp³-hybridized carbons (Fsp3) is 0.421. The Kier molecular flexibility index (Phi) is 5.63. The van der Waals surface area contributed by atoms with Gasteiger partial charge in [0.05, 0.1) is 12.1 Å². The van der Waals surface area contributed by atoms with Gasteiger partial charge in [-0.3, -0.25) is 4.90 Å². The van der Waals surface area contributed by atoms with Gasteiger partial charge in [0.15, 0.2) is 17.3 Å². The highest BCUT2D eigenvalue weighted by Crippen LogP contribution is 2.37. The molecule has 3 rings (SSSR count). The van der Waals surface area contributed by atoms with Crippen LogP contribution < -0.4 is 20.1 Å². The van der Waals surface area contributed by atoms with Crippen LogP contribution in [0.1, 0.15) is 43.5 Å². The molecule has 2 amide bonds. The minimum atomic E-state index is -0.663. The first-order valence-electron chi connectivity index (χ1n) is 9.03. The molecule has 27 heavy (non-hydrogen) atoms. The van der Waals surface area contributed by atoms with Gasteiger partial charge in [-0.2, -0.15) is 0 Å². The largest absolute Gasteiger partial charge is 0.462 e. The number of nitrogens with two attached hydrogens (primary N) is 1. The number of primary amides is 1. The highest BCUT2D eigenvalue weighted by Gasteiger charge is 2.25. The SMILES string of the molecule is CCCCCN(C(N)=O)c1nc2cc3c(cc2cc1C(=O)OCC)OCO3. The highest BCUT2D eigenvalue weighted by atomic mass is 16.7. The molecule has 0 saturated carbocycles. The molecule has 0 unspecified atom stereocenters. The van der Waals surface area contributed by atoms with E-state index in [0.717, 1.165) is 19.3 Å².